The Morgan fingerprint density at radius 2 is 1.39 bits per heavy atom. The van der Waals surface area contributed by atoms with Crippen LogP contribution in [0.25, 0.3) is 0 Å². The molecular weight excluding hydrogens is 288 g/mol. The third kappa shape index (κ3) is 4.99. The standard InChI is InChI=1S/C19H26N2O2/c1-12(2)7-15-9-16(14(5)6)19(21-11-23)17(8-13(3)4)18(15)20-10-22/h9,12-14H,7-8H2,1-6H3. The lowest BCUT2D eigenvalue weighted by Gasteiger charge is -2.20. The van der Waals surface area contributed by atoms with Crippen LogP contribution in [0.3, 0.4) is 0 Å². The van der Waals surface area contributed by atoms with Gasteiger partial charge < -0.3 is 0 Å². The van der Waals surface area contributed by atoms with E-state index in [0.29, 0.717) is 29.6 Å². The lowest BCUT2D eigenvalue weighted by molar-refractivity contribution is 0.564. The molecule has 4 heteroatoms. The van der Waals surface area contributed by atoms with E-state index >= 15 is 0 Å². The van der Waals surface area contributed by atoms with Gasteiger partial charge in [-0.25, -0.2) is 9.59 Å². The maximum Gasteiger partial charge on any atom is 0.240 e. The molecule has 0 fully saturated rings. The fourth-order valence-corrected chi connectivity index (χ4v) is 2.80. The molecule has 124 valence electrons. The smallest absolute Gasteiger partial charge is 0.211 e. The summed E-state index contributed by atoms with van der Waals surface area (Å²) >= 11 is 0. The second-order valence-electron chi connectivity index (χ2n) is 7.06. The van der Waals surface area contributed by atoms with Gasteiger partial charge in [-0.15, -0.1) is 0 Å². The van der Waals surface area contributed by atoms with Crippen LogP contribution in [0.15, 0.2) is 16.1 Å². The molecule has 0 heterocycles. The average Bonchev–Trinajstić information content (AvgIpc) is 2.43. The number of benzene rings is 1. The zero-order valence-electron chi connectivity index (χ0n) is 14.9. The predicted octanol–water partition coefficient (Wildman–Crippen LogP) is 5.14. The largest absolute Gasteiger partial charge is 0.240 e. The molecule has 0 spiro atoms. The lowest BCUT2D eigenvalue weighted by Crippen LogP contribution is -2.04. The molecule has 0 N–H and O–H groups in total. The van der Waals surface area contributed by atoms with Crippen LogP contribution in [0.5, 0.6) is 0 Å². The quantitative estimate of drug-likeness (QED) is 0.516. The number of aliphatic imine (C=N–C) groups is 2. The van der Waals surface area contributed by atoms with Gasteiger partial charge >= 0.3 is 0 Å². The second kappa shape index (κ2) is 8.57. The van der Waals surface area contributed by atoms with Gasteiger partial charge in [0, 0.05) is 5.56 Å². The van der Waals surface area contributed by atoms with Crippen molar-refractivity contribution in [1.29, 1.82) is 0 Å². The van der Waals surface area contributed by atoms with Crippen LogP contribution in [0.2, 0.25) is 0 Å². The fraction of sp³-hybridized carbons (Fsp3) is 0.579. The molecule has 0 aliphatic rings. The Labute approximate surface area is 138 Å². The molecule has 4 nitrogen and oxygen atoms in total. The van der Waals surface area contributed by atoms with Crippen molar-refractivity contribution in [3.05, 3.63) is 22.8 Å². The maximum atomic E-state index is 10.9. The highest BCUT2D eigenvalue weighted by molar-refractivity contribution is 5.73. The highest BCUT2D eigenvalue weighted by Gasteiger charge is 2.21. The Hall–Kier alpha value is -2.02. The summed E-state index contributed by atoms with van der Waals surface area (Å²) in [7, 11) is 0. The Kier molecular flexibility index (Phi) is 7.09. The molecule has 1 aromatic carbocycles. The summed E-state index contributed by atoms with van der Waals surface area (Å²) in [6.45, 7) is 12.6. The van der Waals surface area contributed by atoms with Gasteiger partial charge in [-0.1, -0.05) is 47.6 Å². The van der Waals surface area contributed by atoms with Crippen molar-refractivity contribution in [3.63, 3.8) is 0 Å². The molecule has 1 aromatic rings. The molecule has 0 amide bonds. The topological polar surface area (TPSA) is 58.9 Å². The minimum absolute atomic E-state index is 0.216. The molecule has 0 radical (unpaired) electrons. The van der Waals surface area contributed by atoms with Gasteiger partial charge in [0.1, 0.15) is 0 Å². The summed E-state index contributed by atoms with van der Waals surface area (Å²) in [4.78, 5) is 29.8. The molecule has 0 aromatic heterocycles. The number of isocyanates is 2. The van der Waals surface area contributed by atoms with Crippen molar-refractivity contribution in [2.45, 2.75) is 60.3 Å². The van der Waals surface area contributed by atoms with Crippen LogP contribution in [-0.4, -0.2) is 12.2 Å². The molecule has 0 bridgehead atoms. The molecule has 23 heavy (non-hydrogen) atoms. The van der Waals surface area contributed by atoms with Gasteiger partial charge in [0.2, 0.25) is 12.2 Å². The zero-order chi connectivity index (χ0) is 17.6. The van der Waals surface area contributed by atoms with Crippen LogP contribution in [0, 0.1) is 11.8 Å². The van der Waals surface area contributed by atoms with E-state index in [1.807, 2.05) is 6.07 Å². The number of carbonyl (C=O) groups excluding carboxylic acids is 2. The van der Waals surface area contributed by atoms with Crippen molar-refractivity contribution in [2.24, 2.45) is 21.8 Å². The first-order valence-corrected chi connectivity index (χ1v) is 8.16. The van der Waals surface area contributed by atoms with E-state index in [2.05, 4.69) is 51.5 Å². The number of hydrogen-bond donors (Lipinski definition) is 0. The number of nitrogens with zero attached hydrogens (tertiary/aromatic N) is 2. The van der Waals surface area contributed by atoms with Crippen LogP contribution in [-0.2, 0) is 22.4 Å². The Morgan fingerprint density at radius 1 is 0.870 bits per heavy atom. The Balaban J connectivity index is 3.82. The second-order valence-corrected chi connectivity index (χ2v) is 7.06. The van der Waals surface area contributed by atoms with Crippen molar-refractivity contribution < 1.29 is 9.59 Å². The normalized spacial score (nSPS) is 10.8. The van der Waals surface area contributed by atoms with Gasteiger partial charge in [0.05, 0.1) is 11.4 Å². The summed E-state index contributed by atoms with van der Waals surface area (Å²) in [6.07, 6.45) is 4.84. The Bertz CT molecular complexity index is 648. The summed E-state index contributed by atoms with van der Waals surface area (Å²) in [6, 6.07) is 2.03. The summed E-state index contributed by atoms with van der Waals surface area (Å²) in [5.74, 6) is 1.00. The maximum absolute atomic E-state index is 10.9. The van der Waals surface area contributed by atoms with E-state index < -0.39 is 0 Å². The highest BCUT2D eigenvalue weighted by atomic mass is 16.1. The van der Waals surface area contributed by atoms with Crippen molar-refractivity contribution >= 4 is 23.5 Å². The molecular formula is C19H26N2O2. The zero-order valence-corrected chi connectivity index (χ0v) is 14.9. The van der Waals surface area contributed by atoms with Crippen LogP contribution < -0.4 is 0 Å². The first-order chi connectivity index (χ1) is 10.8. The van der Waals surface area contributed by atoms with Gasteiger partial charge in [0.25, 0.3) is 0 Å². The van der Waals surface area contributed by atoms with Gasteiger partial charge in [-0.05, 0) is 41.7 Å². The van der Waals surface area contributed by atoms with Crippen molar-refractivity contribution in [2.75, 3.05) is 0 Å². The van der Waals surface area contributed by atoms with Gasteiger partial charge in [-0.3, -0.25) is 0 Å². The number of rotatable bonds is 7. The first kappa shape index (κ1) is 19.0. The summed E-state index contributed by atoms with van der Waals surface area (Å²) in [5, 5.41) is 0. The molecule has 0 aliphatic carbocycles. The van der Waals surface area contributed by atoms with Gasteiger partial charge in [0.15, 0.2) is 0 Å². The van der Waals surface area contributed by atoms with Crippen LogP contribution >= 0.6 is 0 Å². The third-order valence-corrected chi connectivity index (χ3v) is 3.66. The molecule has 0 unspecified atom stereocenters. The van der Waals surface area contributed by atoms with Crippen LogP contribution in [0.1, 0.15) is 64.2 Å². The Morgan fingerprint density at radius 3 is 1.83 bits per heavy atom. The molecule has 0 atom stereocenters. The molecule has 0 saturated heterocycles. The molecule has 0 saturated carbocycles. The molecule has 0 aliphatic heterocycles. The van der Waals surface area contributed by atoms with E-state index in [9.17, 15) is 9.59 Å². The summed E-state index contributed by atoms with van der Waals surface area (Å²) in [5.41, 5.74) is 4.12. The SMILES string of the molecule is CC(C)Cc1cc(C(C)C)c(N=C=O)c(CC(C)C)c1N=C=O. The van der Waals surface area contributed by atoms with E-state index in [-0.39, 0.29) is 5.92 Å². The average molecular weight is 314 g/mol. The first-order valence-electron chi connectivity index (χ1n) is 8.16. The minimum atomic E-state index is 0.216. The highest BCUT2D eigenvalue weighted by Crippen LogP contribution is 2.41. The summed E-state index contributed by atoms with van der Waals surface area (Å²) < 4.78 is 0. The van der Waals surface area contributed by atoms with E-state index in [1.165, 1.54) is 0 Å². The minimum Gasteiger partial charge on any atom is -0.211 e. The monoisotopic (exact) mass is 314 g/mol. The van der Waals surface area contributed by atoms with Gasteiger partial charge in [-0.2, -0.15) is 9.98 Å². The van der Waals surface area contributed by atoms with E-state index in [4.69, 9.17) is 0 Å². The van der Waals surface area contributed by atoms with Crippen molar-refractivity contribution in [1.82, 2.24) is 0 Å². The third-order valence-electron chi connectivity index (χ3n) is 3.66. The van der Waals surface area contributed by atoms with E-state index in [0.717, 1.165) is 23.1 Å². The predicted molar refractivity (Wildman–Crippen MR) is 93.2 cm³/mol. The number of hydrogen-bond acceptors (Lipinski definition) is 4. The fourth-order valence-electron chi connectivity index (χ4n) is 2.80. The molecule has 1 rings (SSSR count). The lowest BCUT2D eigenvalue weighted by atomic mass is 9.87. The van der Waals surface area contributed by atoms with Crippen LogP contribution in [0.4, 0.5) is 11.4 Å². The van der Waals surface area contributed by atoms with E-state index in [1.54, 1.807) is 12.2 Å². The van der Waals surface area contributed by atoms with Crippen molar-refractivity contribution in [3.8, 4) is 0 Å².